The van der Waals surface area contributed by atoms with Crippen LogP contribution in [0, 0.1) is 0 Å². The van der Waals surface area contributed by atoms with Crippen molar-refractivity contribution in [3.05, 3.63) is 65.7 Å². The van der Waals surface area contributed by atoms with Crippen LogP contribution in [0.1, 0.15) is 50.2 Å². The molecule has 1 atom stereocenters. The number of amides is 2. The highest BCUT2D eigenvalue weighted by Crippen LogP contribution is 2.30. The molecule has 0 saturated carbocycles. The van der Waals surface area contributed by atoms with Crippen molar-refractivity contribution in [2.75, 3.05) is 6.54 Å². The number of carbonyl (C=O) groups is 2. The summed E-state index contributed by atoms with van der Waals surface area (Å²) in [6, 6.07) is 18.3. The predicted molar refractivity (Wildman–Crippen MR) is 101 cm³/mol. The van der Waals surface area contributed by atoms with E-state index in [4.69, 9.17) is 4.74 Å². The summed E-state index contributed by atoms with van der Waals surface area (Å²) in [6.07, 6.45) is 1.54. The highest BCUT2D eigenvalue weighted by Gasteiger charge is 2.29. The van der Waals surface area contributed by atoms with Crippen molar-refractivity contribution in [2.24, 2.45) is 0 Å². The van der Waals surface area contributed by atoms with Crippen LogP contribution in [0.15, 0.2) is 54.6 Å². The molecule has 1 unspecified atom stereocenters. The molecular formula is C22H25NO3. The van der Waals surface area contributed by atoms with E-state index in [9.17, 15) is 9.59 Å². The van der Waals surface area contributed by atoms with Gasteiger partial charge in [-0.1, -0.05) is 42.5 Å². The number of nitrogens with zero attached hydrogens (tertiary/aromatic N) is 1. The normalized spacial score (nSPS) is 15.6. The van der Waals surface area contributed by atoms with Gasteiger partial charge < -0.3 is 4.74 Å². The molecular weight excluding hydrogens is 326 g/mol. The first kappa shape index (κ1) is 18.2. The minimum atomic E-state index is -0.0532. The number of benzene rings is 2. The van der Waals surface area contributed by atoms with Crippen molar-refractivity contribution in [2.45, 2.75) is 45.1 Å². The van der Waals surface area contributed by atoms with Crippen molar-refractivity contribution in [3.8, 4) is 5.75 Å². The zero-order valence-electron chi connectivity index (χ0n) is 15.4. The number of carbonyl (C=O) groups excluding carboxylic acids is 2. The fourth-order valence-electron chi connectivity index (χ4n) is 3.39. The molecule has 0 N–H and O–H groups in total. The van der Waals surface area contributed by atoms with E-state index in [2.05, 4.69) is 24.3 Å². The summed E-state index contributed by atoms with van der Waals surface area (Å²) in [5.41, 5.74) is 2.34. The zero-order valence-corrected chi connectivity index (χ0v) is 15.4. The van der Waals surface area contributed by atoms with Crippen LogP contribution in [0.5, 0.6) is 5.75 Å². The van der Waals surface area contributed by atoms with E-state index >= 15 is 0 Å². The summed E-state index contributed by atoms with van der Waals surface area (Å²) in [4.78, 5) is 25.2. The van der Waals surface area contributed by atoms with E-state index in [1.54, 1.807) is 0 Å². The first-order valence-corrected chi connectivity index (χ1v) is 9.19. The van der Waals surface area contributed by atoms with Gasteiger partial charge in [0.15, 0.2) is 0 Å². The second-order valence-electron chi connectivity index (χ2n) is 6.93. The topological polar surface area (TPSA) is 46.6 Å². The zero-order chi connectivity index (χ0) is 18.5. The first-order chi connectivity index (χ1) is 12.5. The van der Waals surface area contributed by atoms with E-state index in [-0.39, 0.29) is 23.8 Å². The van der Waals surface area contributed by atoms with Crippen LogP contribution in [0.3, 0.4) is 0 Å². The molecule has 1 aliphatic heterocycles. The Bertz CT molecular complexity index is 737. The Kier molecular flexibility index (Phi) is 5.71. The van der Waals surface area contributed by atoms with Crippen LogP contribution < -0.4 is 4.74 Å². The van der Waals surface area contributed by atoms with Gasteiger partial charge in [0.1, 0.15) is 5.75 Å². The van der Waals surface area contributed by atoms with Gasteiger partial charge in [0.05, 0.1) is 6.10 Å². The second-order valence-corrected chi connectivity index (χ2v) is 6.93. The lowest BCUT2D eigenvalue weighted by Crippen LogP contribution is -2.31. The van der Waals surface area contributed by atoms with Gasteiger partial charge in [-0.3, -0.25) is 14.5 Å². The maximum absolute atomic E-state index is 11.9. The molecule has 1 heterocycles. The van der Waals surface area contributed by atoms with Gasteiger partial charge in [-0.15, -0.1) is 0 Å². The van der Waals surface area contributed by atoms with Crippen LogP contribution in [0.4, 0.5) is 0 Å². The van der Waals surface area contributed by atoms with E-state index in [1.807, 2.05) is 44.2 Å². The van der Waals surface area contributed by atoms with E-state index < -0.39 is 0 Å². The number of hydrogen-bond donors (Lipinski definition) is 0. The largest absolute Gasteiger partial charge is 0.491 e. The lowest BCUT2D eigenvalue weighted by atomic mass is 9.88. The Morgan fingerprint density at radius 2 is 1.46 bits per heavy atom. The minimum Gasteiger partial charge on any atom is -0.491 e. The molecule has 3 rings (SSSR count). The lowest BCUT2D eigenvalue weighted by molar-refractivity contribution is -0.138. The molecule has 0 aliphatic carbocycles. The van der Waals surface area contributed by atoms with Gasteiger partial charge >= 0.3 is 0 Å². The molecule has 0 radical (unpaired) electrons. The Morgan fingerprint density at radius 1 is 0.885 bits per heavy atom. The summed E-state index contributed by atoms with van der Waals surface area (Å²) < 4.78 is 5.73. The van der Waals surface area contributed by atoms with Crippen molar-refractivity contribution in [3.63, 3.8) is 0 Å². The second kappa shape index (κ2) is 8.17. The van der Waals surface area contributed by atoms with Crippen LogP contribution in [-0.2, 0) is 9.59 Å². The highest BCUT2D eigenvalue weighted by molar-refractivity contribution is 6.01. The van der Waals surface area contributed by atoms with Gasteiger partial charge in [-0.05, 0) is 43.5 Å². The maximum atomic E-state index is 11.9. The quantitative estimate of drug-likeness (QED) is 0.704. The summed E-state index contributed by atoms with van der Waals surface area (Å²) in [5.74, 6) is 0.871. The average Bonchev–Trinajstić information content (AvgIpc) is 2.95. The van der Waals surface area contributed by atoms with Crippen LogP contribution in [0.2, 0.25) is 0 Å². The Hall–Kier alpha value is -2.62. The first-order valence-electron chi connectivity index (χ1n) is 9.19. The molecule has 2 aromatic rings. The van der Waals surface area contributed by atoms with Gasteiger partial charge in [0.25, 0.3) is 0 Å². The van der Waals surface area contributed by atoms with Gasteiger partial charge in [-0.25, -0.2) is 0 Å². The molecule has 0 bridgehead atoms. The third-order valence-corrected chi connectivity index (χ3v) is 4.65. The summed E-state index contributed by atoms with van der Waals surface area (Å²) in [6.45, 7) is 4.47. The van der Waals surface area contributed by atoms with Gasteiger partial charge in [-0.2, -0.15) is 0 Å². The minimum absolute atomic E-state index is 0.0532. The fraction of sp³-hybridized carbons (Fsp3) is 0.364. The summed E-state index contributed by atoms with van der Waals surface area (Å²) >= 11 is 0. The molecule has 1 saturated heterocycles. The van der Waals surface area contributed by atoms with E-state index in [1.165, 1.54) is 10.5 Å². The number of imide groups is 1. The van der Waals surface area contributed by atoms with Crippen LogP contribution in [0.25, 0.3) is 0 Å². The standard InChI is InChI=1S/C22H25NO3/c1-16(2)26-19-10-8-18(9-11-19)20(17-6-4-3-5-7-17)14-15-23-21(24)12-13-22(23)25/h3-11,16,20H,12-15H2,1-2H3. The van der Waals surface area contributed by atoms with Crippen molar-refractivity contribution in [1.29, 1.82) is 0 Å². The smallest absolute Gasteiger partial charge is 0.229 e. The Labute approximate surface area is 154 Å². The third kappa shape index (κ3) is 4.31. The molecule has 136 valence electrons. The van der Waals surface area contributed by atoms with E-state index in [0.29, 0.717) is 25.8 Å². The maximum Gasteiger partial charge on any atom is 0.229 e. The average molecular weight is 351 g/mol. The van der Waals surface area contributed by atoms with Gasteiger partial charge in [0.2, 0.25) is 11.8 Å². The van der Waals surface area contributed by atoms with Crippen molar-refractivity contribution in [1.82, 2.24) is 4.90 Å². The highest BCUT2D eigenvalue weighted by atomic mass is 16.5. The predicted octanol–water partition coefficient (Wildman–Crippen LogP) is 4.14. The fourth-order valence-corrected chi connectivity index (χ4v) is 3.39. The van der Waals surface area contributed by atoms with Crippen molar-refractivity contribution >= 4 is 11.8 Å². The summed E-state index contributed by atoms with van der Waals surface area (Å²) in [5, 5.41) is 0. The number of rotatable bonds is 7. The Balaban J connectivity index is 1.80. The molecule has 26 heavy (non-hydrogen) atoms. The Morgan fingerprint density at radius 3 is 2.04 bits per heavy atom. The SMILES string of the molecule is CC(C)Oc1ccc(C(CCN2C(=O)CCC2=O)c2ccccc2)cc1. The monoisotopic (exact) mass is 351 g/mol. The molecule has 4 heteroatoms. The van der Waals surface area contributed by atoms with E-state index in [0.717, 1.165) is 11.3 Å². The molecule has 2 aromatic carbocycles. The molecule has 0 aromatic heterocycles. The number of likely N-dealkylation sites (tertiary alicyclic amines) is 1. The lowest BCUT2D eigenvalue weighted by Gasteiger charge is -2.22. The van der Waals surface area contributed by atoms with Gasteiger partial charge in [0, 0.05) is 25.3 Å². The molecule has 1 fully saturated rings. The molecule has 0 spiro atoms. The molecule has 1 aliphatic rings. The molecule has 2 amide bonds. The van der Waals surface area contributed by atoms with Crippen LogP contribution in [-0.4, -0.2) is 29.4 Å². The molecule has 4 nitrogen and oxygen atoms in total. The number of ether oxygens (including phenoxy) is 1. The third-order valence-electron chi connectivity index (χ3n) is 4.65. The van der Waals surface area contributed by atoms with Crippen LogP contribution >= 0.6 is 0 Å². The summed E-state index contributed by atoms with van der Waals surface area (Å²) in [7, 11) is 0. The number of hydrogen-bond acceptors (Lipinski definition) is 3. The van der Waals surface area contributed by atoms with Crippen molar-refractivity contribution < 1.29 is 14.3 Å².